The lowest BCUT2D eigenvalue weighted by Gasteiger charge is -2.25. The lowest BCUT2D eigenvalue weighted by Crippen LogP contribution is -2.19. The second-order valence-corrected chi connectivity index (χ2v) is 4.72. The number of rotatable bonds is 1. The maximum absolute atomic E-state index is 7.14. The highest BCUT2D eigenvalue weighted by molar-refractivity contribution is 8.14. The zero-order chi connectivity index (χ0) is 8.27. The SMILES string of the molecule is CC1CCCC(SC(=N)N)C1. The van der Waals surface area contributed by atoms with Crippen molar-refractivity contribution in [3.8, 4) is 0 Å². The smallest absolute Gasteiger partial charge is 0.151 e. The molecule has 0 aliphatic heterocycles. The van der Waals surface area contributed by atoms with Crippen molar-refractivity contribution in [2.75, 3.05) is 0 Å². The molecule has 1 rings (SSSR count). The van der Waals surface area contributed by atoms with Gasteiger partial charge in [-0.15, -0.1) is 0 Å². The van der Waals surface area contributed by atoms with Crippen LogP contribution in [0.2, 0.25) is 0 Å². The van der Waals surface area contributed by atoms with Gasteiger partial charge in [-0.05, 0) is 18.8 Å². The summed E-state index contributed by atoms with van der Waals surface area (Å²) in [6.07, 6.45) is 5.15. The van der Waals surface area contributed by atoms with E-state index in [2.05, 4.69) is 6.92 Å². The molecule has 3 N–H and O–H groups in total. The van der Waals surface area contributed by atoms with Crippen molar-refractivity contribution in [2.24, 2.45) is 11.7 Å². The van der Waals surface area contributed by atoms with Crippen LogP contribution in [0.25, 0.3) is 0 Å². The number of nitrogens with two attached hydrogens (primary N) is 1. The first-order valence-electron chi connectivity index (χ1n) is 4.19. The average molecular weight is 172 g/mol. The molecule has 0 aromatic rings. The molecule has 11 heavy (non-hydrogen) atoms. The molecule has 64 valence electrons. The first-order valence-corrected chi connectivity index (χ1v) is 5.07. The van der Waals surface area contributed by atoms with Crippen LogP contribution in [0.5, 0.6) is 0 Å². The van der Waals surface area contributed by atoms with Crippen molar-refractivity contribution in [3.63, 3.8) is 0 Å². The lowest BCUT2D eigenvalue weighted by molar-refractivity contribution is 0.395. The van der Waals surface area contributed by atoms with E-state index in [1.165, 1.54) is 25.7 Å². The van der Waals surface area contributed by atoms with E-state index in [9.17, 15) is 0 Å². The van der Waals surface area contributed by atoms with Gasteiger partial charge in [0.15, 0.2) is 5.17 Å². The first-order chi connectivity index (χ1) is 5.18. The maximum Gasteiger partial charge on any atom is 0.151 e. The van der Waals surface area contributed by atoms with Gasteiger partial charge in [-0.25, -0.2) is 0 Å². The third kappa shape index (κ3) is 3.14. The summed E-state index contributed by atoms with van der Waals surface area (Å²) in [4.78, 5) is 0. The summed E-state index contributed by atoms with van der Waals surface area (Å²) in [5.41, 5.74) is 5.31. The van der Waals surface area contributed by atoms with Crippen molar-refractivity contribution in [1.82, 2.24) is 0 Å². The molecular formula is C8H16N2S. The van der Waals surface area contributed by atoms with Gasteiger partial charge in [0, 0.05) is 5.25 Å². The Kier molecular flexibility index (Phi) is 3.24. The van der Waals surface area contributed by atoms with Gasteiger partial charge in [0.2, 0.25) is 0 Å². The third-order valence-electron chi connectivity index (χ3n) is 2.18. The fourth-order valence-electron chi connectivity index (χ4n) is 1.67. The van der Waals surface area contributed by atoms with E-state index in [1.807, 2.05) is 0 Å². The highest BCUT2D eigenvalue weighted by atomic mass is 32.2. The largest absolute Gasteiger partial charge is 0.379 e. The van der Waals surface area contributed by atoms with Gasteiger partial charge in [0.05, 0.1) is 0 Å². The molecule has 0 spiro atoms. The van der Waals surface area contributed by atoms with Crippen molar-refractivity contribution in [2.45, 2.75) is 37.9 Å². The van der Waals surface area contributed by atoms with E-state index in [4.69, 9.17) is 11.1 Å². The first kappa shape index (κ1) is 8.91. The van der Waals surface area contributed by atoms with Crippen LogP contribution in [0, 0.1) is 11.3 Å². The Labute approximate surface area is 72.4 Å². The quantitative estimate of drug-likeness (QED) is 0.470. The predicted octanol–water partition coefficient (Wildman–Crippen LogP) is 2.19. The Morgan fingerprint density at radius 2 is 2.27 bits per heavy atom. The van der Waals surface area contributed by atoms with Gasteiger partial charge < -0.3 is 5.73 Å². The molecule has 1 aliphatic rings. The van der Waals surface area contributed by atoms with Crippen molar-refractivity contribution in [1.29, 1.82) is 5.41 Å². The Morgan fingerprint density at radius 1 is 1.55 bits per heavy atom. The summed E-state index contributed by atoms with van der Waals surface area (Å²) in [5.74, 6) is 0.834. The molecule has 0 aromatic carbocycles. The molecule has 1 fully saturated rings. The van der Waals surface area contributed by atoms with Crippen LogP contribution >= 0.6 is 11.8 Å². The number of amidine groups is 1. The third-order valence-corrected chi connectivity index (χ3v) is 3.20. The van der Waals surface area contributed by atoms with Gasteiger partial charge >= 0.3 is 0 Å². The summed E-state index contributed by atoms with van der Waals surface area (Å²) >= 11 is 1.54. The van der Waals surface area contributed by atoms with Gasteiger partial charge in [-0.1, -0.05) is 31.5 Å². The minimum atomic E-state index is 0.282. The number of nitrogens with one attached hydrogen (secondary N) is 1. The maximum atomic E-state index is 7.14. The average Bonchev–Trinajstić information content (AvgIpc) is 1.85. The van der Waals surface area contributed by atoms with Crippen molar-refractivity contribution in [3.05, 3.63) is 0 Å². The van der Waals surface area contributed by atoms with E-state index < -0.39 is 0 Å². The highest BCUT2D eigenvalue weighted by Crippen LogP contribution is 2.31. The normalized spacial score (nSPS) is 31.7. The number of hydrogen-bond acceptors (Lipinski definition) is 2. The predicted molar refractivity (Wildman–Crippen MR) is 50.9 cm³/mol. The molecule has 0 amide bonds. The van der Waals surface area contributed by atoms with Crippen LogP contribution in [0.3, 0.4) is 0 Å². The molecule has 2 atom stereocenters. The molecule has 0 bridgehead atoms. The molecule has 0 saturated heterocycles. The van der Waals surface area contributed by atoms with Crippen LogP contribution in [0.1, 0.15) is 32.6 Å². The zero-order valence-corrected chi connectivity index (χ0v) is 7.79. The van der Waals surface area contributed by atoms with Crippen LogP contribution < -0.4 is 5.73 Å². The Bertz CT molecular complexity index is 147. The molecule has 0 radical (unpaired) electrons. The lowest BCUT2D eigenvalue weighted by atomic mass is 9.91. The van der Waals surface area contributed by atoms with Crippen molar-refractivity contribution >= 4 is 16.9 Å². The fraction of sp³-hybridized carbons (Fsp3) is 0.875. The monoisotopic (exact) mass is 172 g/mol. The van der Waals surface area contributed by atoms with Crippen LogP contribution in [-0.4, -0.2) is 10.4 Å². The van der Waals surface area contributed by atoms with Gasteiger partial charge in [0.1, 0.15) is 0 Å². The molecule has 1 saturated carbocycles. The molecule has 2 unspecified atom stereocenters. The molecule has 0 aromatic heterocycles. The Balaban J connectivity index is 2.28. The zero-order valence-electron chi connectivity index (χ0n) is 6.97. The van der Waals surface area contributed by atoms with E-state index in [1.54, 1.807) is 11.8 Å². The summed E-state index contributed by atoms with van der Waals surface area (Å²) in [6.45, 7) is 2.28. The molecule has 3 heteroatoms. The summed E-state index contributed by atoms with van der Waals surface area (Å²) < 4.78 is 0. The number of hydrogen-bond donors (Lipinski definition) is 2. The number of thioether (sulfide) groups is 1. The van der Waals surface area contributed by atoms with E-state index >= 15 is 0 Å². The fourth-order valence-corrected chi connectivity index (χ4v) is 2.73. The summed E-state index contributed by atoms with van der Waals surface area (Å²) in [7, 11) is 0. The van der Waals surface area contributed by atoms with Gasteiger partial charge in [0.25, 0.3) is 0 Å². The molecule has 2 nitrogen and oxygen atoms in total. The van der Waals surface area contributed by atoms with E-state index in [0.29, 0.717) is 5.25 Å². The minimum Gasteiger partial charge on any atom is -0.379 e. The van der Waals surface area contributed by atoms with E-state index in [0.717, 1.165) is 5.92 Å². The molecule has 0 heterocycles. The Hall–Kier alpha value is -0.180. The standard InChI is InChI=1S/C8H16N2S/c1-6-3-2-4-7(5-6)11-8(9)10/h6-7H,2-5H2,1H3,(H3,9,10). The molecular weight excluding hydrogens is 156 g/mol. The second-order valence-electron chi connectivity index (χ2n) is 3.38. The second kappa shape index (κ2) is 4.00. The van der Waals surface area contributed by atoms with Crippen LogP contribution in [0.4, 0.5) is 0 Å². The van der Waals surface area contributed by atoms with Gasteiger partial charge in [-0.3, -0.25) is 5.41 Å². The summed E-state index contributed by atoms with van der Waals surface area (Å²) in [6, 6.07) is 0. The minimum absolute atomic E-state index is 0.282. The van der Waals surface area contributed by atoms with Crippen molar-refractivity contribution < 1.29 is 0 Å². The van der Waals surface area contributed by atoms with Gasteiger partial charge in [-0.2, -0.15) is 0 Å². The highest BCUT2D eigenvalue weighted by Gasteiger charge is 2.19. The summed E-state index contributed by atoms with van der Waals surface area (Å²) in [5, 5.41) is 8.04. The molecule has 1 aliphatic carbocycles. The Morgan fingerprint density at radius 3 is 2.82 bits per heavy atom. The van der Waals surface area contributed by atoms with Crippen LogP contribution in [0.15, 0.2) is 0 Å². The van der Waals surface area contributed by atoms with E-state index in [-0.39, 0.29) is 5.17 Å². The van der Waals surface area contributed by atoms with Crippen LogP contribution in [-0.2, 0) is 0 Å². The topological polar surface area (TPSA) is 49.9 Å².